The third kappa shape index (κ3) is 3.28. The smallest absolute Gasteiger partial charge is 0.242 e. The molecular weight excluding hydrogens is 286 g/mol. The second-order valence-electron chi connectivity index (χ2n) is 5.06. The van der Waals surface area contributed by atoms with Gasteiger partial charge < -0.3 is 5.11 Å². The van der Waals surface area contributed by atoms with Crippen LogP contribution in [-0.2, 0) is 16.6 Å². The number of rotatable bonds is 4. The maximum Gasteiger partial charge on any atom is 0.242 e. The molecule has 0 spiro atoms. The number of hydrogen-bond acceptors (Lipinski definition) is 3. The van der Waals surface area contributed by atoms with E-state index in [1.165, 1.54) is 12.1 Å². The van der Waals surface area contributed by atoms with Crippen molar-refractivity contribution < 1.29 is 13.5 Å². The molecule has 0 aromatic heterocycles. The van der Waals surface area contributed by atoms with Crippen LogP contribution in [0.5, 0.6) is 0 Å². The molecule has 19 heavy (non-hydrogen) atoms. The van der Waals surface area contributed by atoms with Gasteiger partial charge in [0, 0.05) is 6.04 Å². The Kier molecular flexibility index (Phi) is 4.50. The maximum absolute atomic E-state index is 12.3. The zero-order chi connectivity index (χ0) is 14.0. The summed E-state index contributed by atoms with van der Waals surface area (Å²) in [5, 5.41) is 9.26. The van der Waals surface area contributed by atoms with E-state index in [1.807, 2.05) is 6.92 Å². The molecule has 0 bridgehead atoms. The molecule has 2 N–H and O–H groups in total. The van der Waals surface area contributed by atoms with Crippen molar-refractivity contribution in [3.05, 3.63) is 28.8 Å². The van der Waals surface area contributed by atoms with Crippen LogP contribution in [0.3, 0.4) is 0 Å². The Balaban J connectivity index is 2.28. The van der Waals surface area contributed by atoms with E-state index < -0.39 is 10.0 Å². The van der Waals surface area contributed by atoms with Crippen LogP contribution < -0.4 is 4.72 Å². The van der Waals surface area contributed by atoms with Gasteiger partial charge >= 0.3 is 0 Å². The van der Waals surface area contributed by atoms with E-state index in [2.05, 4.69) is 4.72 Å². The van der Waals surface area contributed by atoms with Crippen LogP contribution in [0.25, 0.3) is 0 Å². The predicted molar refractivity (Wildman–Crippen MR) is 74.5 cm³/mol. The molecule has 2 rings (SSSR count). The summed E-state index contributed by atoms with van der Waals surface area (Å²) in [4.78, 5) is 0.0415. The highest BCUT2D eigenvalue weighted by molar-refractivity contribution is 7.89. The van der Waals surface area contributed by atoms with Gasteiger partial charge in [0.1, 0.15) is 4.90 Å². The Labute approximate surface area is 118 Å². The minimum Gasteiger partial charge on any atom is -0.392 e. The van der Waals surface area contributed by atoms with Gasteiger partial charge in [0.2, 0.25) is 10.0 Å². The third-order valence-electron chi connectivity index (χ3n) is 3.64. The van der Waals surface area contributed by atoms with Gasteiger partial charge in [0.25, 0.3) is 0 Å². The fraction of sp³-hybridized carbons (Fsp3) is 0.538. The number of halogens is 1. The van der Waals surface area contributed by atoms with Gasteiger partial charge in [0.05, 0.1) is 11.6 Å². The minimum absolute atomic E-state index is 0.0288. The third-order valence-corrected chi connectivity index (χ3v) is 5.61. The molecule has 2 atom stereocenters. The minimum atomic E-state index is -3.63. The molecule has 1 aliphatic carbocycles. The van der Waals surface area contributed by atoms with Crippen molar-refractivity contribution in [2.75, 3.05) is 0 Å². The van der Waals surface area contributed by atoms with Crippen LogP contribution in [0.2, 0.25) is 5.02 Å². The number of hydrogen-bond donors (Lipinski definition) is 2. The lowest BCUT2D eigenvalue weighted by Gasteiger charge is -2.18. The Morgan fingerprint density at radius 3 is 2.74 bits per heavy atom. The summed E-state index contributed by atoms with van der Waals surface area (Å²) in [7, 11) is -3.63. The molecule has 1 aliphatic rings. The maximum atomic E-state index is 12.3. The highest BCUT2D eigenvalue weighted by Gasteiger charge is 2.29. The van der Waals surface area contributed by atoms with Crippen LogP contribution >= 0.6 is 11.6 Å². The van der Waals surface area contributed by atoms with Gasteiger partial charge in [-0.3, -0.25) is 0 Å². The van der Waals surface area contributed by atoms with Crippen molar-refractivity contribution in [1.82, 2.24) is 4.72 Å². The number of aliphatic hydroxyl groups is 1. The first-order valence-electron chi connectivity index (χ1n) is 6.35. The molecule has 6 heteroatoms. The SMILES string of the molecule is CC1CCCC1NS(=O)(=O)c1cc(CO)ccc1Cl. The molecule has 106 valence electrons. The van der Waals surface area contributed by atoms with Crippen molar-refractivity contribution in [3.8, 4) is 0 Å². The van der Waals surface area contributed by atoms with Crippen molar-refractivity contribution in [2.45, 2.75) is 43.7 Å². The van der Waals surface area contributed by atoms with Crippen LogP contribution in [0.4, 0.5) is 0 Å². The molecule has 1 saturated carbocycles. The van der Waals surface area contributed by atoms with Gasteiger partial charge in [0.15, 0.2) is 0 Å². The summed E-state index contributed by atoms with van der Waals surface area (Å²) in [5.41, 5.74) is 0.532. The van der Waals surface area contributed by atoms with Gasteiger partial charge in [-0.2, -0.15) is 0 Å². The van der Waals surface area contributed by atoms with Crippen LogP contribution in [0.1, 0.15) is 31.7 Å². The molecule has 0 saturated heterocycles. The second kappa shape index (κ2) is 5.79. The molecule has 1 aromatic rings. The summed E-state index contributed by atoms with van der Waals surface area (Å²) in [5.74, 6) is 0.342. The highest BCUT2D eigenvalue weighted by atomic mass is 35.5. The van der Waals surface area contributed by atoms with E-state index in [-0.39, 0.29) is 22.6 Å². The molecule has 2 unspecified atom stereocenters. The van der Waals surface area contributed by atoms with Crippen molar-refractivity contribution >= 4 is 21.6 Å². The number of aliphatic hydroxyl groups excluding tert-OH is 1. The van der Waals surface area contributed by atoms with Crippen molar-refractivity contribution in [1.29, 1.82) is 0 Å². The van der Waals surface area contributed by atoms with Crippen molar-refractivity contribution in [2.24, 2.45) is 5.92 Å². The average Bonchev–Trinajstić information content (AvgIpc) is 2.75. The Morgan fingerprint density at radius 2 is 2.16 bits per heavy atom. The summed E-state index contributed by atoms with van der Waals surface area (Å²) in [6.07, 6.45) is 2.94. The van der Waals surface area contributed by atoms with E-state index in [9.17, 15) is 8.42 Å². The normalized spacial score (nSPS) is 23.7. The fourth-order valence-corrected chi connectivity index (χ4v) is 4.36. The summed E-state index contributed by atoms with van der Waals surface area (Å²) >= 11 is 5.96. The van der Waals surface area contributed by atoms with Crippen LogP contribution in [-0.4, -0.2) is 19.6 Å². The summed E-state index contributed by atoms with van der Waals surface area (Å²) in [6.45, 7) is 1.84. The molecular formula is C13H18ClNO3S. The van der Waals surface area contributed by atoms with Crippen molar-refractivity contribution in [3.63, 3.8) is 0 Å². The fourth-order valence-electron chi connectivity index (χ4n) is 2.44. The van der Waals surface area contributed by atoms with E-state index in [4.69, 9.17) is 16.7 Å². The van der Waals surface area contributed by atoms with E-state index in [0.29, 0.717) is 11.5 Å². The lowest BCUT2D eigenvalue weighted by molar-refractivity contribution is 0.281. The molecule has 1 fully saturated rings. The summed E-state index contributed by atoms with van der Waals surface area (Å²) in [6, 6.07) is 4.50. The van der Waals surface area contributed by atoms with E-state index in [0.717, 1.165) is 19.3 Å². The highest BCUT2D eigenvalue weighted by Crippen LogP contribution is 2.28. The number of nitrogens with one attached hydrogen (secondary N) is 1. The second-order valence-corrected chi connectivity index (χ2v) is 7.15. The van der Waals surface area contributed by atoms with Gasteiger partial charge in [-0.15, -0.1) is 0 Å². The first-order valence-corrected chi connectivity index (χ1v) is 8.22. The molecule has 0 heterocycles. The first kappa shape index (κ1) is 14.8. The molecule has 1 aromatic carbocycles. The van der Waals surface area contributed by atoms with E-state index >= 15 is 0 Å². The molecule has 0 radical (unpaired) electrons. The Bertz CT molecular complexity index is 559. The molecule has 0 amide bonds. The van der Waals surface area contributed by atoms with Gasteiger partial charge in [-0.1, -0.05) is 31.0 Å². The lowest BCUT2D eigenvalue weighted by atomic mass is 10.1. The number of benzene rings is 1. The zero-order valence-electron chi connectivity index (χ0n) is 10.8. The lowest BCUT2D eigenvalue weighted by Crippen LogP contribution is -2.36. The Hall–Kier alpha value is -0.620. The average molecular weight is 304 g/mol. The largest absolute Gasteiger partial charge is 0.392 e. The standard InChI is InChI=1S/C13H18ClNO3S/c1-9-3-2-4-12(9)15-19(17,18)13-7-10(8-16)5-6-11(13)14/h5-7,9,12,15-16H,2-4,8H2,1H3. The van der Waals surface area contributed by atoms with Gasteiger partial charge in [-0.05, 0) is 36.5 Å². The van der Waals surface area contributed by atoms with Crippen LogP contribution in [0.15, 0.2) is 23.1 Å². The predicted octanol–water partition coefficient (Wildman–Crippen LogP) is 2.30. The number of sulfonamides is 1. The summed E-state index contributed by atoms with van der Waals surface area (Å²) < 4.78 is 27.4. The van der Waals surface area contributed by atoms with Gasteiger partial charge in [-0.25, -0.2) is 13.1 Å². The topological polar surface area (TPSA) is 66.4 Å². The van der Waals surface area contributed by atoms with Crippen LogP contribution in [0, 0.1) is 5.92 Å². The first-order chi connectivity index (χ1) is 8.94. The molecule has 0 aliphatic heterocycles. The van der Waals surface area contributed by atoms with E-state index in [1.54, 1.807) is 6.07 Å². The quantitative estimate of drug-likeness (QED) is 0.897. The Morgan fingerprint density at radius 1 is 1.42 bits per heavy atom. The monoisotopic (exact) mass is 303 g/mol. The molecule has 4 nitrogen and oxygen atoms in total. The zero-order valence-corrected chi connectivity index (χ0v) is 12.3.